The van der Waals surface area contributed by atoms with Crippen LogP contribution in [0.15, 0.2) is 60.8 Å². The summed E-state index contributed by atoms with van der Waals surface area (Å²) >= 11 is 6.08. The van der Waals surface area contributed by atoms with Crippen LogP contribution in [0.4, 0.5) is 0 Å². The van der Waals surface area contributed by atoms with E-state index in [0.29, 0.717) is 41.9 Å². The Morgan fingerprint density at radius 2 is 1.91 bits per heavy atom. The smallest absolute Gasteiger partial charge is 0.303 e. The number of hydrogen-bond acceptors (Lipinski definition) is 5. The fourth-order valence-corrected chi connectivity index (χ4v) is 3.21. The summed E-state index contributed by atoms with van der Waals surface area (Å²) in [5, 5.41) is 9.30. The van der Waals surface area contributed by atoms with E-state index in [1.165, 1.54) is 6.20 Å². The van der Waals surface area contributed by atoms with Gasteiger partial charge in [0.25, 0.3) is 5.88 Å². The molecular formula is C25H26ClNO5. The van der Waals surface area contributed by atoms with Crippen LogP contribution in [0.5, 0.6) is 23.1 Å². The quantitative estimate of drug-likeness (QED) is 0.377. The lowest BCUT2D eigenvalue weighted by molar-refractivity contribution is -0.136. The normalized spacial score (nSPS) is 11.6. The van der Waals surface area contributed by atoms with Gasteiger partial charge in [-0.3, -0.25) is 4.79 Å². The van der Waals surface area contributed by atoms with Crippen LogP contribution in [0.1, 0.15) is 30.9 Å². The standard InChI is InChI=1S/C25H26ClNO5/c1-17-14-22(10-8-19(17)9-11-24(28)29)30-13-12-18(2)31-25-23(15-20(26)16-27-25)32-21-6-4-3-5-7-21/h3-8,10,14-16,18H,9,11-13H2,1-2H3,(H,28,29)/t18-/m1/s1. The third-order valence-corrected chi connectivity index (χ3v) is 4.99. The van der Waals surface area contributed by atoms with Crippen molar-refractivity contribution >= 4 is 17.6 Å². The molecule has 0 bridgehead atoms. The van der Waals surface area contributed by atoms with E-state index >= 15 is 0 Å². The van der Waals surface area contributed by atoms with Crippen LogP contribution < -0.4 is 14.2 Å². The lowest BCUT2D eigenvalue weighted by Gasteiger charge is -2.17. The number of rotatable bonds is 11. The van der Waals surface area contributed by atoms with Gasteiger partial charge in [-0.1, -0.05) is 35.9 Å². The van der Waals surface area contributed by atoms with Gasteiger partial charge < -0.3 is 19.3 Å². The Morgan fingerprint density at radius 1 is 1.12 bits per heavy atom. The Labute approximate surface area is 192 Å². The fraction of sp³-hybridized carbons (Fsp3) is 0.280. The van der Waals surface area contributed by atoms with E-state index < -0.39 is 5.97 Å². The molecule has 1 N–H and O–H groups in total. The van der Waals surface area contributed by atoms with E-state index in [4.69, 9.17) is 30.9 Å². The number of aromatic nitrogens is 1. The topological polar surface area (TPSA) is 77.9 Å². The summed E-state index contributed by atoms with van der Waals surface area (Å²) in [6.45, 7) is 4.35. The zero-order valence-electron chi connectivity index (χ0n) is 18.1. The molecule has 0 aliphatic carbocycles. The number of aryl methyl sites for hydroxylation is 2. The number of aliphatic carboxylic acids is 1. The SMILES string of the molecule is Cc1cc(OCC[C@@H](C)Oc2ncc(Cl)cc2Oc2ccccc2)ccc1CCC(=O)O. The largest absolute Gasteiger partial charge is 0.493 e. The Hall–Kier alpha value is -3.25. The van der Waals surface area contributed by atoms with E-state index in [1.807, 2.05) is 62.4 Å². The van der Waals surface area contributed by atoms with Crippen molar-refractivity contribution in [2.45, 2.75) is 39.2 Å². The molecule has 32 heavy (non-hydrogen) atoms. The number of pyridine rings is 1. The highest BCUT2D eigenvalue weighted by Gasteiger charge is 2.14. The van der Waals surface area contributed by atoms with Crippen molar-refractivity contribution in [1.29, 1.82) is 0 Å². The van der Waals surface area contributed by atoms with Gasteiger partial charge in [-0.05, 0) is 55.7 Å². The van der Waals surface area contributed by atoms with Crippen LogP contribution in [0.3, 0.4) is 0 Å². The highest BCUT2D eigenvalue weighted by Crippen LogP contribution is 2.32. The molecule has 2 aromatic carbocycles. The van der Waals surface area contributed by atoms with Crippen molar-refractivity contribution in [1.82, 2.24) is 4.98 Å². The number of halogens is 1. The van der Waals surface area contributed by atoms with Gasteiger partial charge in [0, 0.05) is 25.1 Å². The Morgan fingerprint density at radius 3 is 2.62 bits per heavy atom. The van der Waals surface area contributed by atoms with E-state index in [2.05, 4.69) is 4.98 Å². The Kier molecular flexibility index (Phi) is 8.34. The maximum absolute atomic E-state index is 10.8. The van der Waals surface area contributed by atoms with Crippen LogP contribution in [0.2, 0.25) is 5.02 Å². The molecule has 3 rings (SSSR count). The maximum Gasteiger partial charge on any atom is 0.303 e. The number of para-hydroxylation sites is 1. The van der Waals surface area contributed by atoms with Crippen molar-refractivity contribution in [2.75, 3.05) is 6.61 Å². The van der Waals surface area contributed by atoms with E-state index in [-0.39, 0.29) is 12.5 Å². The molecule has 0 unspecified atom stereocenters. The molecule has 0 saturated carbocycles. The van der Waals surface area contributed by atoms with Crippen LogP contribution in [0, 0.1) is 6.92 Å². The lowest BCUT2D eigenvalue weighted by atomic mass is 10.0. The van der Waals surface area contributed by atoms with Crippen LogP contribution in [-0.4, -0.2) is 28.8 Å². The molecule has 0 amide bonds. The highest BCUT2D eigenvalue weighted by atomic mass is 35.5. The maximum atomic E-state index is 10.8. The number of ether oxygens (including phenoxy) is 3. The van der Waals surface area contributed by atoms with E-state index in [0.717, 1.165) is 16.9 Å². The number of hydrogen-bond donors (Lipinski definition) is 1. The predicted molar refractivity (Wildman–Crippen MR) is 123 cm³/mol. The Balaban J connectivity index is 1.53. The molecule has 0 aliphatic heterocycles. The molecule has 0 fully saturated rings. The summed E-state index contributed by atoms with van der Waals surface area (Å²) in [7, 11) is 0. The zero-order valence-corrected chi connectivity index (χ0v) is 18.8. The molecule has 168 valence electrons. The summed E-state index contributed by atoms with van der Waals surface area (Å²) in [6.07, 6.45) is 2.61. The summed E-state index contributed by atoms with van der Waals surface area (Å²) in [6, 6.07) is 16.7. The van der Waals surface area contributed by atoms with Gasteiger partial charge >= 0.3 is 5.97 Å². The van der Waals surface area contributed by atoms with Gasteiger partial charge in [0.2, 0.25) is 0 Å². The molecule has 1 heterocycles. The van der Waals surface area contributed by atoms with Gasteiger partial charge in [0.15, 0.2) is 5.75 Å². The van der Waals surface area contributed by atoms with Gasteiger partial charge in [-0.25, -0.2) is 4.98 Å². The van der Waals surface area contributed by atoms with Crippen molar-refractivity contribution in [3.8, 4) is 23.1 Å². The number of carboxylic acids is 1. The molecule has 0 saturated heterocycles. The summed E-state index contributed by atoms with van der Waals surface area (Å²) in [5.41, 5.74) is 2.03. The molecule has 1 atom stereocenters. The molecule has 0 spiro atoms. The first kappa shape index (κ1) is 23.4. The van der Waals surface area contributed by atoms with Gasteiger partial charge in [0.1, 0.15) is 17.6 Å². The Bertz CT molecular complexity index is 1040. The molecular weight excluding hydrogens is 430 g/mol. The third-order valence-electron chi connectivity index (χ3n) is 4.78. The van der Waals surface area contributed by atoms with Crippen molar-refractivity contribution in [2.24, 2.45) is 0 Å². The summed E-state index contributed by atoms with van der Waals surface area (Å²) < 4.78 is 17.7. The zero-order chi connectivity index (χ0) is 22.9. The first-order valence-corrected chi connectivity index (χ1v) is 10.8. The number of carbonyl (C=O) groups is 1. The third kappa shape index (κ3) is 7.17. The molecule has 0 radical (unpaired) electrons. The second-order valence-electron chi connectivity index (χ2n) is 7.42. The summed E-state index contributed by atoms with van der Waals surface area (Å²) in [5.74, 6) is 1.42. The summed E-state index contributed by atoms with van der Waals surface area (Å²) in [4.78, 5) is 15.0. The monoisotopic (exact) mass is 455 g/mol. The second kappa shape index (κ2) is 11.4. The minimum absolute atomic E-state index is 0.116. The molecule has 3 aromatic rings. The molecule has 1 aromatic heterocycles. The van der Waals surface area contributed by atoms with E-state index in [1.54, 1.807) is 6.07 Å². The predicted octanol–water partition coefficient (Wildman–Crippen LogP) is 6.09. The highest BCUT2D eigenvalue weighted by molar-refractivity contribution is 6.30. The lowest BCUT2D eigenvalue weighted by Crippen LogP contribution is -2.17. The van der Waals surface area contributed by atoms with Crippen molar-refractivity contribution in [3.63, 3.8) is 0 Å². The number of benzene rings is 2. The van der Waals surface area contributed by atoms with Gasteiger partial charge in [-0.15, -0.1) is 0 Å². The average Bonchev–Trinajstić information content (AvgIpc) is 2.76. The molecule has 0 aliphatic rings. The number of carboxylic acid groups (broad SMARTS) is 1. The fourth-order valence-electron chi connectivity index (χ4n) is 3.06. The van der Waals surface area contributed by atoms with Gasteiger partial charge in [-0.2, -0.15) is 0 Å². The van der Waals surface area contributed by atoms with Crippen LogP contribution in [0.25, 0.3) is 0 Å². The average molecular weight is 456 g/mol. The van der Waals surface area contributed by atoms with E-state index in [9.17, 15) is 4.79 Å². The minimum Gasteiger partial charge on any atom is -0.493 e. The molecule has 7 heteroatoms. The minimum atomic E-state index is -0.800. The van der Waals surface area contributed by atoms with Crippen LogP contribution in [-0.2, 0) is 11.2 Å². The van der Waals surface area contributed by atoms with Crippen molar-refractivity contribution in [3.05, 3.63) is 76.9 Å². The van der Waals surface area contributed by atoms with Crippen LogP contribution >= 0.6 is 11.6 Å². The van der Waals surface area contributed by atoms with Crippen molar-refractivity contribution < 1.29 is 24.1 Å². The first-order valence-electron chi connectivity index (χ1n) is 10.4. The molecule has 6 nitrogen and oxygen atoms in total. The van der Waals surface area contributed by atoms with Gasteiger partial charge in [0.05, 0.1) is 11.6 Å². The first-order chi connectivity index (χ1) is 15.4. The number of nitrogens with zero attached hydrogens (tertiary/aromatic N) is 1. The second-order valence-corrected chi connectivity index (χ2v) is 7.86.